The SMILES string of the molecule is CC(CNC(C)(C)C)Cc1ccc(Br)cn1. The number of hydrogen-bond acceptors (Lipinski definition) is 2. The Hall–Kier alpha value is -0.410. The Morgan fingerprint density at radius 2 is 2.06 bits per heavy atom. The van der Waals surface area contributed by atoms with E-state index in [1.807, 2.05) is 12.3 Å². The van der Waals surface area contributed by atoms with Crippen molar-refractivity contribution in [1.29, 1.82) is 0 Å². The van der Waals surface area contributed by atoms with Crippen molar-refractivity contribution < 1.29 is 0 Å². The number of hydrogen-bond donors (Lipinski definition) is 1. The van der Waals surface area contributed by atoms with Crippen LogP contribution >= 0.6 is 15.9 Å². The predicted octanol–water partition coefficient (Wildman–Crippen LogP) is 3.41. The molecule has 0 amide bonds. The van der Waals surface area contributed by atoms with Gasteiger partial charge >= 0.3 is 0 Å². The van der Waals surface area contributed by atoms with Crippen molar-refractivity contribution in [1.82, 2.24) is 10.3 Å². The highest BCUT2D eigenvalue weighted by molar-refractivity contribution is 9.10. The highest BCUT2D eigenvalue weighted by Crippen LogP contribution is 2.11. The van der Waals surface area contributed by atoms with Gasteiger partial charge in [-0.05, 0) is 67.7 Å². The van der Waals surface area contributed by atoms with Gasteiger partial charge in [-0.25, -0.2) is 0 Å². The molecule has 1 N–H and O–H groups in total. The van der Waals surface area contributed by atoms with Crippen molar-refractivity contribution in [3.05, 3.63) is 28.5 Å². The molecule has 1 rings (SSSR count). The molecule has 0 aliphatic heterocycles. The normalized spacial score (nSPS) is 13.8. The number of pyridine rings is 1. The van der Waals surface area contributed by atoms with E-state index in [9.17, 15) is 0 Å². The van der Waals surface area contributed by atoms with Crippen LogP contribution in [0.3, 0.4) is 0 Å². The maximum Gasteiger partial charge on any atom is 0.0413 e. The summed E-state index contributed by atoms with van der Waals surface area (Å²) in [4.78, 5) is 4.39. The van der Waals surface area contributed by atoms with Gasteiger partial charge in [-0.1, -0.05) is 6.92 Å². The van der Waals surface area contributed by atoms with Crippen molar-refractivity contribution >= 4 is 15.9 Å². The molecular formula is C13H21BrN2. The molecule has 0 saturated carbocycles. The Morgan fingerprint density at radius 1 is 1.38 bits per heavy atom. The van der Waals surface area contributed by atoms with Crippen molar-refractivity contribution in [3.63, 3.8) is 0 Å². The minimum Gasteiger partial charge on any atom is -0.312 e. The van der Waals surface area contributed by atoms with Gasteiger partial charge in [-0.15, -0.1) is 0 Å². The topological polar surface area (TPSA) is 24.9 Å². The molecule has 1 aromatic rings. The van der Waals surface area contributed by atoms with Crippen LogP contribution in [0.2, 0.25) is 0 Å². The molecule has 0 fully saturated rings. The van der Waals surface area contributed by atoms with E-state index in [1.165, 1.54) is 0 Å². The van der Waals surface area contributed by atoms with E-state index < -0.39 is 0 Å². The largest absolute Gasteiger partial charge is 0.312 e. The Bertz CT molecular complexity index is 314. The Morgan fingerprint density at radius 3 is 2.56 bits per heavy atom. The molecule has 0 bridgehead atoms. The first-order chi connectivity index (χ1) is 7.37. The summed E-state index contributed by atoms with van der Waals surface area (Å²) in [6, 6.07) is 4.13. The fourth-order valence-electron chi connectivity index (χ4n) is 1.44. The maximum absolute atomic E-state index is 4.39. The van der Waals surface area contributed by atoms with Gasteiger partial charge in [0.2, 0.25) is 0 Å². The van der Waals surface area contributed by atoms with Crippen LogP contribution in [0, 0.1) is 5.92 Å². The lowest BCUT2D eigenvalue weighted by molar-refractivity contribution is 0.380. The van der Waals surface area contributed by atoms with Crippen molar-refractivity contribution in [3.8, 4) is 0 Å². The van der Waals surface area contributed by atoms with E-state index >= 15 is 0 Å². The molecule has 0 radical (unpaired) electrons. The molecule has 3 heteroatoms. The van der Waals surface area contributed by atoms with E-state index in [-0.39, 0.29) is 5.54 Å². The third-order valence-corrected chi connectivity index (χ3v) is 2.80. The summed E-state index contributed by atoms with van der Waals surface area (Å²) in [5, 5.41) is 3.52. The van der Waals surface area contributed by atoms with Crippen LogP contribution in [0.4, 0.5) is 0 Å². The summed E-state index contributed by atoms with van der Waals surface area (Å²) < 4.78 is 1.04. The van der Waals surface area contributed by atoms with Gasteiger partial charge < -0.3 is 5.32 Å². The van der Waals surface area contributed by atoms with Crippen molar-refractivity contribution in [2.75, 3.05) is 6.54 Å². The van der Waals surface area contributed by atoms with Crippen molar-refractivity contribution in [2.24, 2.45) is 5.92 Å². The second kappa shape index (κ2) is 5.78. The van der Waals surface area contributed by atoms with Gasteiger partial charge in [-0.2, -0.15) is 0 Å². The first-order valence-electron chi connectivity index (χ1n) is 5.72. The molecular weight excluding hydrogens is 264 g/mol. The molecule has 90 valence electrons. The lowest BCUT2D eigenvalue weighted by Crippen LogP contribution is -2.39. The molecule has 1 aromatic heterocycles. The molecule has 1 atom stereocenters. The van der Waals surface area contributed by atoms with E-state index in [1.54, 1.807) is 0 Å². The van der Waals surface area contributed by atoms with E-state index in [4.69, 9.17) is 0 Å². The fraction of sp³-hybridized carbons (Fsp3) is 0.615. The highest BCUT2D eigenvalue weighted by Gasteiger charge is 2.11. The zero-order valence-corrected chi connectivity index (χ0v) is 12.1. The minimum atomic E-state index is 0.196. The van der Waals surface area contributed by atoms with E-state index in [0.717, 1.165) is 23.1 Å². The molecule has 0 aliphatic rings. The quantitative estimate of drug-likeness (QED) is 0.917. The van der Waals surface area contributed by atoms with Crippen LogP contribution in [0.15, 0.2) is 22.8 Å². The van der Waals surface area contributed by atoms with Gasteiger partial charge in [0.25, 0.3) is 0 Å². The number of nitrogens with one attached hydrogen (secondary N) is 1. The summed E-state index contributed by atoms with van der Waals surface area (Å²) in [7, 11) is 0. The standard InChI is InChI=1S/C13H21BrN2/c1-10(8-16-13(2,3)4)7-12-6-5-11(14)9-15-12/h5-6,9-10,16H,7-8H2,1-4H3. The highest BCUT2D eigenvalue weighted by atomic mass is 79.9. The average molecular weight is 285 g/mol. The summed E-state index contributed by atoms with van der Waals surface area (Å²) in [5.74, 6) is 0.605. The molecule has 2 nitrogen and oxygen atoms in total. The summed E-state index contributed by atoms with van der Waals surface area (Å²) in [6.45, 7) is 9.86. The monoisotopic (exact) mass is 284 g/mol. The summed E-state index contributed by atoms with van der Waals surface area (Å²) >= 11 is 3.39. The molecule has 0 aliphatic carbocycles. The van der Waals surface area contributed by atoms with E-state index in [0.29, 0.717) is 5.92 Å². The number of nitrogens with zero attached hydrogens (tertiary/aromatic N) is 1. The second-order valence-electron chi connectivity index (χ2n) is 5.41. The molecule has 0 spiro atoms. The summed E-state index contributed by atoms with van der Waals surface area (Å²) in [6.07, 6.45) is 2.88. The molecule has 16 heavy (non-hydrogen) atoms. The predicted molar refractivity (Wildman–Crippen MR) is 72.6 cm³/mol. The third kappa shape index (κ3) is 5.61. The first kappa shape index (κ1) is 13.7. The van der Waals surface area contributed by atoms with Crippen LogP contribution in [-0.2, 0) is 6.42 Å². The van der Waals surface area contributed by atoms with Gasteiger partial charge in [0.05, 0.1) is 0 Å². The lowest BCUT2D eigenvalue weighted by atomic mass is 10.0. The number of rotatable bonds is 4. The number of halogens is 1. The first-order valence-corrected chi connectivity index (χ1v) is 6.51. The maximum atomic E-state index is 4.39. The van der Waals surface area contributed by atoms with Crippen LogP contribution in [0.1, 0.15) is 33.4 Å². The zero-order valence-electron chi connectivity index (χ0n) is 10.5. The molecule has 1 unspecified atom stereocenters. The zero-order chi connectivity index (χ0) is 12.2. The Kier molecular flexibility index (Phi) is 4.93. The smallest absolute Gasteiger partial charge is 0.0413 e. The van der Waals surface area contributed by atoms with E-state index in [2.05, 4.69) is 60.0 Å². The number of aromatic nitrogens is 1. The van der Waals surface area contributed by atoms with Crippen LogP contribution in [0.5, 0.6) is 0 Å². The molecule has 1 heterocycles. The fourth-order valence-corrected chi connectivity index (χ4v) is 1.67. The Balaban J connectivity index is 2.39. The van der Waals surface area contributed by atoms with Gasteiger partial charge in [-0.3, -0.25) is 4.98 Å². The van der Waals surface area contributed by atoms with Crippen molar-refractivity contribution in [2.45, 2.75) is 39.7 Å². The van der Waals surface area contributed by atoms with Gasteiger partial charge in [0.1, 0.15) is 0 Å². The van der Waals surface area contributed by atoms with Gasteiger partial charge in [0, 0.05) is 21.9 Å². The lowest BCUT2D eigenvalue weighted by Gasteiger charge is -2.23. The Labute approximate surface area is 107 Å². The molecule has 0 saturated heterocycles. The van der Waals surface area contributed by atoms with Gasteiger partial charge in [0.15, 0.2) is 0 Å². The third-order valence-electron chi connectivity index (χ3n) is 2.33. The van der Waals surface area contributed by atoms with Crippen LogP contribution in [0.25, 0.3) is 0 Å². The van der Waals surface area contributed by atoms with Crippen LogP contribution in [-0.4, -0.2) is 17.1 Å². The van der Waals surface area contributed by atoms with Crippen LogP contribution < -0.4 is 5.32 Å². The summed E-state index contributed by atoms with van der Waals surface area (Å²) in [5.41, 5.74) is 1.35. The minimum absolute atomic E-state index is 0.196. The molecule has 0 aromatic carbocycles. The second-order valence-corrected chi connectivity index (χ2v) is 6.32. The average Bonchev–Trinajstić information content (AvgIpc) is 2.18.